The van der Waals surface area contributed by atoms with Gasteiger partial charge in [-0.05, 0) is 25.0 Å². The van der Waals surface area contributed by atoms with Gasteiger partial charge in [-0.15, -0.1) is 0 Å². The summed E-state index contributed by atoms with van der Waals surface area (Å²) in [6, 6.07) is 9.43. The number of amides is 2. The van der Waals surface area contributed by atoms with E-state index in [0.717, 1.165) is 18.6 Å². The van der Waals surface area contributed by atoms with Crippen molar-refractivity contribution in [1.29, 1.82) is 0 Å². The molecule has 0 spiro atoms. The molecule has 2 rings (SSSR count). The van der Waals surface area contributed by atoms with Crippen LogP contribution in [0.3, 0.4) is 0 Å². The molecule has 1 saturated heterocycles. The fraction of sp³-hybridized carbons (Fsp3) is 0.500. The van der Waals surface area contributed by atoms with Crippen LogP contribution in [0, 0.1) is 5.92 Å². The Morgan fingerprint density at radius 3 is 2.73 bits per heavy atom. The lowest BCUT2D eigenvalue weighted by Crippen LogP contribution is -2.45. The molecule has 1 atom stereocenters. The number of nitrogens with two attached hydrogens (primary N) is 1. The van der Waals surface area contributed by atoms with Gasteiger partial charge in [0.25, 0.3) is 0 Å². The van der Waals surface area contributed by atoms with E-state index in [-0.39, 0.29) is 24.3 Å². The Bertz CT molecular complexity index is 492. The van der Waals surface area contributed by atoms with Gasteiger partial charge in [0.05, 0.1) is 12.5 Å². The van der Waals surface area contributed by atoms with Crippen molar-refractivity contribution in [2.75, 3.05) is 32.9 Å². The van der Waals surface area contributed by atoms with Gasteiger partial charge in [0.2, 0.25) is 11.8 Å². The molecule has 1 aliphatic rings. The van der Waals surface area contributed by atoms with E-state index >= 15 is 0 Å². The molecule has 22 heavy (non-hydrogen) atoms. The first kappa shape index (κ1) is 16.3. The van der Waals surface area contributed by atoms with Crippen LogP contribution in [0.1, 0.15) is 12.8 Å². The second-order valence-electron chi connectivity index (χ2n) is 5.30. The molecular formula is C16H22N2O4. The molecule has 1 heterocycles. The number of hydrogen-bond donors (Lipinski definition) is 1. The number of piperidine rings is 1. The van der Waals surface area contributed by atoms with E-state index in [0.29, 0.717) is 26.3 Å². The molecule has 6 heteroatoms. The van der Waals surface area contributed by atoms with Crippen molar-refractivity contribution >= 4 is 11.8 Å². The van der Waals surface area contributed by atoms with Crippen LogP contribution >= 0.6 is 0 Å². The highest BCUT2D eigenvalue weighted by Crippen LogP contribution is 2.16. The monoisotopic (exact) mass is 306 g/mol. The number of likely N-dealkylation sites (tertiary alicyclic amines) is 1. The molecule has 2 N–H and O–H groups in total. The normalized spacial score (nSPS) is 18.0. The summed E-state index contributed by atoms with van der Waals surface area (Å²) in [5.41, 5.74) is 5.30. The van der Waals surface area contributed by atoms with Crippen LogP contribution in [0.4, 0.5) is 0 Å². The third-order valence-corrected chi connectivity index (χ3v) is 3.64. The highest BCUT2D eigenvalue weighted by Gasteiger charge is 2.26. The van der Waals surface area contributed by atoms with Gasteiger partial charge in [-0.25, -0.2) is 0 Å². The minimum Gasteiger partial charge on any atom is -0.491 e. The summed E-state index contributed by atoms with van der Waals surface area (Å²) in [6.07, 6.45) is 1.56. The first-order valence-corrected chi connectivity index (χ1v) is 7.49. The van der Waals surface area contributed by atoms with Gasteiger partial charge in [0, 0.05) is 13.1 Å². The standard InChI is InChI=1S/C16H22N2O4/c17-16(20)13-5-4-8-18(11-13)15(19)12-21-9-10-22-14-6-2-1-3-7-14/h1-3,6-7,13H,4-5,8-12H2,(H2,17,20)/t13-/m0/s1. The number of primary amides is 1. The topological polar surface area (TPSA) is 81.9 Å². The summed E-state index contributed by atoms with van der Waals surface area (Å²) in [7, 11) is 0. The number of carbonyl (C=O) groups excluding carboxylic acids is 2. The zero-order valence-corrected chi connectivity index (χ0v) is 12.6. The summed E-state index contributed by atoms with van der Waals surface area (Å²) in [4.78, 5) is 24.9. The molecule has 120 valence electrons. The average molecular weight is 306 g/mol. The van der Waals surface area contributed by atoms with Crippen molar-refractivity contribution in [2.45, 2.75) is 12.8 Å². The van der Waals surface area contributed by atoms with Gasteiger partial charge in [-0.1, -0.05) is 18.2 Å². The largest absolute Gasteiger partial charge is 0.491 e. The third-order valence-electron chi connectivity index (χ3n) is 3.64. The lowest BCUT2D eigenvalue weighted by atomic mass is 9.97. The molecule has 0 bridgehead atoms. The SMILES string of the molecule is NC(=O)[C@H]1CCCN(C(=O)COCCOc2ccccc2)C1. The Labute approximate surface area is 130 Å². The fourth-order valence-electron chi connectivity index (χ4n) is 2.42. The highest BCUT2D eigenvalue weighted by molar-refractivity contribution is 5.80. The zero-order chi connectivity index (χ0) is 15.8. The summed E-state index contributed by atoms with van der Waals surface area (Å²) in [6.45, 7) is 1.79. The lowest BCUT2D eigenvalue weighted by molar-refractivity contribution is -0.139. The van der Waals surface area contributed by atoms with E-state index < -0.39 is 0 Å². The highest BCUT2D eigenvalue weighted by atomic mass is 16.5. The van der Waals surface area contributed by atoms with Crippen LogP contribution in [0.5, 0.6) is 5.75 Å². The molecule has 2 amide bonds. The molecule has 1 aromatic carbocycles. The number of ether oxygens (including phenoxy) is 2. The predicted molar refractivity (Wildman–Crippen MR) is 81.3 cm³/mol. The molecule has 0 aromatic heterocycles. The van der Waals surface area contributed by atoms with Crippen LogP contribution in [-0.2, 0) is 14.3 Å². The van der Waals surface area contributed by atoms with Gasteiger partial charge >= 0.3 is 0 Å². The Morgan fingerprint density at radius 2 is 2.00 bits per heavy atom. The van der Waals surface area contributed by atoms with E-state index in [2.05, 4.69) is 0 Å². The number of benzene rings is 1. The van der Waals surface area contributed by atoms with Crippen LogP contribution in [-0.4, -0.2) is 49.6 Å². The number of carbonyl (C=O) groups is 2. The van der Waals surface area contributed by atoms with E-state index in [4.69, 9.17) is 15.2 Å². The fourth-order valence-corrected chi connectivity index (χ4v) is 2.42. The lowest BCUT2D eigenvalue weighted by Gasteiger charge is -2.31. The molecule has 1 fully saturated rings. The van der Waals surface area contributed by atoms with Crippen LogP contribution in [0.25, 0.3) is 0 Å². The second-order valence-corrected chi connectivity index (χ2v) is 5.30. The van der Waals surface area contributed by atoms with Gasteiger partial charge in [-0.2, -0.15) is 0 Å². The Balaban J connectivity index is 1.62. The van der Waals surface area contributed by atoms with Gasteiger partial charge in [0.1, 0.15) is 19.0 Å². The molecular weight excluding hydrogens is 284 g/mol. The number of rotatable bonds is 7. The zero-order valence-electron chi connectivity index (χ0n) is 12.6. The molecule has 1 aromatic rings. The van der Waals surface area contributed by atoms with Crippen LogP contribution in [0.15, 0.2) is 30.3 Å². The summed E-state index contributed by atoms with van der Waals surface area (Å²) in [5, 5.41) is 0. The average Bonchev–Trinajstić information content (AvgIpc) is 2.55. The van der Waals surface area contributed by atoms with E-state index in [1.165, 1.54) is 0 Å². The first-order valence-electron chi connectivity index (χ1n) is 7.49. The number of nitrogens with zero attached hydrogens (tertiary/aromatic N) is 1. The second kappa shape index (κ2) is 8.38. The maximum absolute atomic E-state index is 12.0. The van der Waals surface area contributed by atoms with Crippen molar-refractivity contribution in [2.24, 2.45) is 11.7 Å². The third kappa shape index (κ3) is 5.04. The van der Waals surface area contributed by atoms with Crippen LogP contribution in [0.2, 0.25) is 0 Å². The Hall–Kier alpha value is -2.08. The number of hydrogen-bond acceptors (Lipinski definition) is 4. The van der Waals surface area contributed by atoms with Crippen molar-refractivity contribution < 1.29 is 19.1 Å². The van der Waals surface area contributed by atoms with Crippen LogP contribution < -0.4 is 10.5 Å². The summed E-state index contributed by atoms with van der Waals surface area (Å²) < 4.78 is 10.8. The molecule has 0 saturated carbocycles. The first-order chi connectivity index (χ1) is 10.7. The molecule has 0 radical (unpaired) electrons. The minimum absolute atomic E-state index is 0.00360. The van der Waals surface area contributed by atoms with Crippen molar-refractivity contribution in [3.8, 4) is 5.75 Å². The van der Waals surface area contributed by atoms with E-state index in [1.807, 2.05) is 30.3 Å². The summed E-state index contributed by atoms with van der Waals surface area (Å²) >= 11 is 0. The van der Waals surface area contributed by atoms with Crippen molar-refractivity contribution in [3.05, 3.63) is 30.3 Å². The van der Waals surface area contributed by atoms with Gasteiger partial charge in [-0.3, -0.25) is 9.59 Å². The smallest absolute Gasteiger partial charge is 0.248 e. The van der Waals surface area contributed by atoms with E-state index in [9.17, 15) is 9.59 Å². The van der Waals surface area contributed by atoms with Crippen molar-refractivity contribution in [1.82, 2.24) is 4.90 Å². The quantitative estimate of drug-likeness (QED) is 0.756. The van der Waals surface area contributed by atoms with Crippen molar-refractivity contribution in [3.63, 3.8) is 0 Å². The number of para-hydroxylation sites is 1. The minimum atomic E-state index is -0.338. The molecule has 6 nitrogen and oxygen atoms in total. The predicted octanol–water partition coefficient (Wildman–Crippen LogP) is 0.806. The molecule has 0 unspecified atom stereocenters. The molecule has 1 aliphatic heterocycles. The Morgan fingerprint density at radius 1 is 1.23 bits per heavy atom. The maximum atomic E-state index is 12.0. The maximum Gasteiger partial charge on any atom is 0.248 e. The van der Waals surface area contributed by atoms with E-state index in [1.54, 1.807) is 4.90 Å². The Kier molecular flexibility index (Phi) is 6.21. The molecule has 0 aliphatic carbocycles. The summed E-state index contributed by atoms with van der Waals surface area (Å²) in [5.74, 6) is 0.0946. The van der Waals surface area contributed by atoms with Gasteiger partial charge < -0.3 is 20.1 Å². The van der Waals surface area contributed by atoms with Gasteiger partial charge in [0.15, 0.2) is 0 Å².